The third-order valence-electron chi connectivity index (χ3n) is 15.3. The number of hydrogen-bond donors (Lipinski definition) is 0. The summed E-state index contributed by atoms with van der Waals surface area (Å²) in [6.45, 7) is 0. The van der Waals surface area contributed by atoms with E-state index < -0.39 is 10.8 Å². The first-order chi connectivity index (χ1) is 34.2. The Morgan fingerprint density at radius 2 is 0.580 bits per heavy atom. The summed E-state index contributed by atoms with van der Waals surface area (Å²) in [4.78, 5) is 2.42. The van der Waals surface area contributed by atoms with Crippen LogP contribution in [0.3, 0.4) is 0 Å². The number of para-hydroxylation sites is 2. The minimum absolute atomic E-state index is 0.467. The van der Waals surface area contributed by atoms with Crippen molar-refractivity contribution in [3.05, 3.63) is 317 Å². The Kier molecular flexibility index (Phi) is 8.78. The van der Waals surface area contributed by atoms with E-state index in [9.17, 15) is 0 Å². The van der Waals surface area contributed by atoms with E-state index in [0.29, 0.717) is 0 Å². The fourth-order valence-corrected chi connectivity index (χ4v) is 12.7. The van der Waals surface area contributed by atoms with Gasteiger partial charge in [-0.3, -0.25) is 0 Å². The quantitative estimate of drug-likeness (QED) is 0.161. The molecule has 0 aliphatic heterocycles. The number of benzene rings is 11. The number of nitrogens with zero attached hydrogens (tertiary/aromatic N) is 1. The molecule has 3 aliphatic rings. The van der Waals surface area contributed by atoms with E-state index in [0.717, 1.165) is 17.1 Å². The molecule has 1 heteroatoms. The van der Waals surface area contributed by atoms with Crippen molar-refractivity contribution < 1.29 is 0 Å². The second kappa shape index (κ2) is 15.4. The molecule has 322 valence electrons. The fourth-order valence-electron chi connectivity index (χ4n) is 12.7. The maximum atomic E-state index is 2.48. The van der Waals surface area contributed by atoms with Crippen LogP contribution in [-0.2, 0) is 10.8 Å². The lowest BCUT2D eigenvalue weighted by molar-refractivity contribution is 0.633. The maximum Gasteiger partial charge on any atom is 0.0720 e. The first kappa shape index (κ1) is 39.4. The van der Waals surface area contributed by atoms with Crippen molar-refractivity contribution >= 4 is 17.1 Å². The Hall–Kier alpha value is -8.78. The molecule has 0 N–H and O–H groups in total. The Balaban J connectivity index is 0.957. The van der Waals surface area contributed by atoms with E-state index in [2.05, 4.69) is 278 Å². The normalized spacial score (nSPS) is 13.7. The third-order valence-corrected chi connectivity index (χ3v) is 15.3. The first-order valence-electron chi connectivity index (χ1n) is 24.1. The zero-order valence-electron chi connectivity index (χ0n) is 37.9. The molecule has 3 aliphatic carbocycles. The van der Waals surface area contributed by atoms with Gasteiger partial charge in [-0.15, -0.1) is 0 Å². The number of rotatable bonds is 6. The van der Waals surface area contributed by atoms with Crippen LogP contribution in [0, 0.1) is 0 Å². The zero-order valence-corrected chi connectivity index (χ0v) is 37.9. The van der Waals surface area contributed by atoms with Crippen LogP contribution in [0.15, 0.2) is 273 Å². The van der Waals surface area contributed by atoms with E-state index in [1.54, 1.807) is 0 Å². The van der Waals surface area contributed by atoms with Gasteiger partial charge in [-0.1, -0.05) is 231 Å². The maximum absolute atomic E-state index is 2.48. The average molecular weight is 876 g/mol. The summed E-state index contributed by atoms with van der Waals surface area (Å²) in [5.41, 5.74) is 25.4. The molecule has 11 aromatic rings. The van der Waals surface area contributed by atoms with Crippen LogP contribution in [0.5, 0.6) is 0 Å². The van der Waals surface area contributed by atoms with Gasteiger partial charge in [-0.2, -0.15) is 0 Å². The zero-order chi connectivity index (χ0) is 45.5. The summed E-state index contributed by atoms with van der Waals surface area (Å²) in [5, 5.41) is 0. The van der Waals surface area contributed by atoms with Gasteiger partial charge in [0.15, 0.2) is 0 Å². The van der Waals surface area contributed by atoms with Gasteiger partial charge < -0.3 is 4.90 Å². The van der Waals surface area contributed by atoms with Crippen molar-refractivity contribution in [1.82, 2.24) is 0 Å². The summed E-state index contributed by atoms with van der Waals surface area (Å²) in [5.74, 6) is 0. The standard InChI is InChI=1S/C68H45N/c1-3-21-46(22-4-1)47-23-19-24-48(43-47)49-25-20-28-52(44-49)69(51-26-5-2-6-27-51)66-40-18-10-29-53(66)50-41-42-61-57(45-50)56-32-9-13-35-60(56)68(61)64-38-16-14-36-62(64)67(63-37-15-17-39-65(63)68)58-33-11-7-30-54(58)55-31-8-12-34-59(55)67/h1-45H. The van der Waals surface area contributed by atoms with Gasteiger partial charge in [0.1, 0.15) is 0 Å². The van der Waals surface area contributed by atoms with Gasteiger partial charge in [-0.25, -0.2) is 0 Å². The van der Waals surface area contributed by atoms with Crippen molar-refractivity contribution in [2.24, 2.45) is 0 Å². The average Bonchev–Trinajstić information content (AvgIpc) is 3.89. The lowest BCUT2D eigenvalue weighted by Gasteiger charge is -2.48. The van der Waals surface area contributed by atoms with E-state index in [1.807, 2.05) is 0 Å². The van der Waals surface area contributed by atoms with Gasteiger partial charge in [-0.05, 0) is 137 Å². The lowest BCUT2D eigenvalue weighted by Crippen LogP contribution is -2.43. The number of anilines is 3. The topological polar surface area (TPSA) is 3.24 Å². The van der Waals surface area contributed by atoms with Crippen LogP contribution < -0.4 is 4.90 Å². The van der Waals surface area contributed by atoms with Gasteiger partial charge in [0, 0.05) is 16.9 Å². The molecule has 0 heterocycles. The summed E-state index contributed by atoms with van der Waals surface area (Å²) in [6, 6.07) is 102. The molecule has 0 amide bonds. The van der Waals surface area contributed by atoms with Crippen LogP contribution >= 0.6 is 0 Å². The van der Waals surface area contributed by atoms with Crippen LogP contribution in [0.1, 0.15) is 44.5 Å². The van der Waals surface area contributed by atoms with Crippen LogP contribution in [-0.4, -0.2) is 0 Å². The smallest absolute Gasteiger partial charge is 0.0720 e. The van der Waals surface area contributed by atoms with Crippen LogP contribution in [0.2, 0.25) is 0 Å². The minimum atomic E-state index is -0.538. The molecular formula is C68H45N. The highest BCUT2D eigenvalue weighted by Gasteiger charge is 2.58. The highest BCUT2D eigenvalue weighted by atomic mass is 15.1. The summed E-state index contributed by atoms with van der Waals surface area (Å²) >= 11 is 0. The molecule has 0 radical (unpaired) electrons. The summed E-state index contributed by atoms with van der Waals surface area (Å²) in [7, 11) is 0. The largest absolute Gasteiger partial charge is 0.310 e. The SMILES string of the molecule is c1ccc(-c2cccc(-c3cccc(N(c4ccccc4)c4ccccc4-c4ccc5c(c4)-c4ccccc4C54c5ccccc5C5(c6ccccc6-c6ccccc65)c5ccccc54)c3)c2)cc1. The highest BCUT2D eigenvalue weighted by molar-refractivity contribution is 5.96. The van der Waals surface area contributed by atoms with E-state index in [4.69, 9.17) is 0 Å². The molecule has 0 aromatic heterocycles. The molecule has 0 unspecified atom stereocenters. The summed E-state index contributed by atoms with van der Waals surface area (Å²) in [6.07, 6.45) is 0. The fraction of sp³-hybridized carbons (Fsp3) is 0.0294. The van der Waals surface area contributed by atoms with Gasteiger partial charge in [0.25, 0.3) is 0 Å². The Bertz CT molecular complexity index is 3710. The van der Waals surface area contributed by atoms with Crippen molar-refractivity contribution in [2.75, 3.05) is 4.90 Å². The van der Waals surface area contributed by atoms with Crippen molar-refractivity contribution in [1.29, 1.82) is 0 Å². The van der Waals surface area contributed by atoms with Gasteiger partial charge in [0.05, 0.1) is 16.5 Å². The summed E-state index contributed by atoms with van der Waals surface area (Å²) < 4.78 is 0. The minimum Gasteiger partial charge on any atom is -0.310 e. The molecule has 14 rings (SSSR count). The Morgan fingerprint density at radius 1 is 0.203 bits per heavy atom. The molecule has 0 fully saturated rings. The van der Waals surface area contributed by atoms with Gasteiger partial charge >= 0.3 is 0 Å². The van der Waals surface area contributed by atoms with E-state index in [1.165, 1.54) is 100 Å². The second-order valence-electron chi connectivity index (χ2n) is 18.7. The van der Waals surface area contributed by atoms with Crippen molar-refractivity contribution in [2.45, 2.75) is 10.8 Å². The Labute approximate surface area is 403 Å². The molecule has 11 aromatic carbocycles. The predicted octanol–water partition coefficient (Wildman–Crippen LogP) is 17.2. The molecule has 0 atom stereocenters. The highest BCUT2D eigenvalue weighted by Crippen LogP contribution is 2.67. The van der Waals surface area contributed by atoms with E-state index >= 15 is 0 Å². The third kappa shape index (κ3) is 5.59. The molecule has 2 spiro atoms. The molecule has 0 bridgehead atoms. The van der Waals surface area contributed by atoms with Crippen LogP contribution in [0.4, 0.5) is 17.1 Å². The van der Waals surface area contributed by atoms with Gasteiger partial charge in [0.2, 0.25) is 0 Å². The number of hydrogen-bond acceptors (Lipinski definition) is 1. The lowest BCUT2D eigenvalue weighted by atomic mass is 9.52. The first-order valence-corrected chi connectivity index (χ1v) is 24.1. The molecule has 69 heavy (non-hydrogen) atoms. The Morgan fingerprint density at radius 3 is 1.14 bits per heavy atom. The molecule has 0 saturated carbocycles. The van der Waals surface area contributed by atoms with Crippen molar-refractivity contribution in [3.8, 4) is 55.6 Å². The molecule has 0 saturated heterocycles. The monoisotopic (exact) mass is 875 g/mol. The van der Waals surface area contributed by atoms with Crippen molar-refractivity contribution in [3.63, 3.8) is 0 Å². The van der Waals surface area contributed by atoms with E-state index in [-0.39, 0.29) is 0 Å². The second-order valence-corrected chi connectivity index (χ2v) is 18.7. The predicted molar refractivity (Wildman–Crippen MR) is 286 cm³/mol. The number of fused-ring (bicyclic) bond motifs is 16. The molecular weight excluding hydrogens is 831 g/mol. The molecule has 1 nitrogen and oxygen atoms in total. The van der Waals surface area contributed by atoms with Crippen LogP contribution in [0.25, 0.3) is 55.6 Å².